The molecule has 126 valence electrons. The summed E-state index contributed by atoms with van der Waals surface area (Å²) < 4.78 is 0. The van der Waals surface area contributed by atoms with Crippen LogP contribution in [-0.2, 0) is 0 Å². The molecule has 1 amide bonds. The number of halogens is 2. The minimum absolute atomic E-state index is 0.236. The minimum Gasteiger partial charge on any atom is -0.355 e. The van der Waals surface area contributed by atoms with E-state index in [1.807, 2.05) is 6.07 Å². The zero-order valence-electron chi connectivity index (χ0n) is 13.3. The van der Waals surface area contributed by atoms with Crippen molar-refractivity contribution in [2.75, 3.05) is 23.3 Å². The van der Waals surface area contributed by atoms with Gasteiger partial charge in [-0.05, 0) is 49.1 Å². The molecule has 7 heteroatoms. The van der Waals surface area contributed by atoms with Gasteiger partial charge in [0.2, 0.25) is 0 Å². The van der Waals surface area contributed by atoms with E-state index in [1.165, 1.54) is 0 Å². The van der Waals surface area contributed by atoms with E-state index in [1.54, 1.807) is 24.3 Å². The number of nitrogens with one attached hydrogen (secondary N) is 1. The Bertz CT molecular complexity index is 728. The Morgan fingerprint density at radius 1 is 1.17 bits per heavy atom. The van der Waals surface area contributed by atoms with Crippen LogP contribution in [0.15, 0.2) is 30.3 Å². The summed E-state index contributed by atoms with van der Waals surface area (Å²) in [5.41, 5.74) is 0.685. The van der Waals surface area contributed by atoms with E-state index >= 15 is 0 Å². The van der Waals surface area contributed by atoms with Crippen LogP contribution in [0.1, 0.15) is 30.3 Å². The van der Waals surface area contributed by atoms with Crippen molar-refractivity contribution in [3.05, 3.63) is 46.1 Å². The van der Waals surface area contributed by atoms with E-state index in [2.05, 4.69) is 27.3 Å². The van der Waals surface area contributed by atoms with Gasteiger partial charge < -0.3 is 10.2 Å². The zero-order chi connectivity index (χ0) is 17.1. The van der Waals surface area contributed by atoms with Gasteiger partial charge in [0.1, 0.15) is 0 Å². The molecule has 1 N–H and O–H groups in total. The van der Waals surface area contributed by atoms with Gasteiger partial charge in [0, 0.05) is 18.1 Å². The molecular weight excluding hydrogens is 347 g/mol. The number of benzene rings is 1. The zero-order valence-corrected chi connectivity index (χ0v) is 14.8. The molecule has 1 aromatic carbocycles. The number of anilines is 2. The van der Waals surface area contributed by atoms with Crippen molar-refractivity contribution in [2.45, 2.75) is 19.8 Å². The van der Waals surface area contributed by atoms with Crippen molar-refractivity contribution in [2.24, 2.45) is 5.92 Å². The van der Waals surface area contributed by atoms with Crippen molar-refractivity contribution in [1.82, 2.24) is 10.2 Å². The fourth-order valence-electron chi connectivity index (χ4n) is 2.63. The molecule has 0 spiro atoms. The van der Waals surface area contributed by atoms with E-state index in [-0.39, 0.29) is 11.6 Å². The minimum atomic E-state index is -0.370. The number of rotatable bonds is 3. The highest BCUT2D eigenvalue weighted by atomic mass is 35.5. The van der Waals surface area contributed by atoms with Gasteiger partial charge >= 0.3 is 0 Å². The molecular formula is C17H18Cl2N4O. The van der Waals surface area contributed by atoms with Gasteiger partial charge in [0.05, 0.1) is 10.7 Å². The largest absolute Gasteiger partial charge is 0.355 e. The van der Waals surface area contributed by atoms with Crippen molar-refractivity contribution in [1.29, 1.82) is 0 Å². The summed E-state index contributed by atoms with van der Waals surface area (Å²) in [6, 6.07) is 8.39. The lowest BCUT2D eigenvalue weighted by Crippen LogP contribution is -2.33. The SMILES string of the molecule is CC1CCN(c2ccc(C(=O)Nc3cc(Cl)ccc3Cl)nn2)CC1. The highest BCUT2D eigenvalue weighted by molar-refractivity contribution is 6.35. The summed E-state index contributed by atoms with van der Waals surface area (Å²) in [4.78, 5) is 14.5. The summed E-state index contributed by atoms with van der Waals surface area (Å²) in [6.07, 6.45) is 2.30. The van der Waals surface area contributed by atoms with Gasteiger partial charge in [-0.1, -0.05) is 30.1 Å². The molecule has 3 rings (SSSR count). The third-order valence-electron chi connectivity index (χ3n) is 4.17. The lowest BCUT2D eigenvalue weighted by atomic mass is 9.99. The summed E-state index contributed by atoms with van der Waals surface area (Å²) in [5, 5.41) is 11.8. The third kappa shape index (κ3) is 3.97. The predicted molar refractivity (Wildman–Crippen MR) is 97.1 cm³/mol. The Hall–Kier alpha value is -1.85. The smallest absolute Gasteiger partial charge is 0.276 e. The molecule has 0 bridgehead atoms. The fourth-order valence-corrected chi connectivity index (χ4v) is 2.97. The number of carbonyl (C=O) groups is 1. The molecule has 0 unspecified atom stereocenters. The molecule has 2 aromatic rings. The fraction of sp³-hybridized carbons (Fsp3) is 0.353. The summed E-state index contributed by atoms with van der Waals surface area (Å²) >= 11 is 12.0. The average molecular weight is 365 g/mol. The molecule has 1 aromatic heterocycles. The summed E-state index contributed by atoms with van der Waals surface area (Å²) in [6.45, 7) is 4.20. The monoisotopic (exact) mass is 364 g/mol. The lowest BCUT2D eigenvalue weighted by molar-refractivity contribution is 0.102. The van der Waals surface area contributed by atoms with E-state index in [0.29, 0.717) is 15.7 Å². The van der Waals surface area contributed by atoms with E-state index in [9.17, 15) is 4.79 Å². The van der Waals surface area contributed by atoms with Gasteiger partial charge in [0.15, 0.2) is 11.5 Å². The van der Waals surface area contributed by atoms with Crippen LogP contribution in [0.25, 0.3) is 0 Å². The summed E-state index contributed by atoms with van der Waals surface area (Å²) in [5.74, 6) is 1.19. The standard InChI is InChI=1S/C17H18Cl2N4O/c1-11-6-8-23(9-7-11)16-5-4-14(21-22-16)17(24)20-15-10-12(18)2-3-13(15)19/h2-5,10-11H,6-9H2,1H3,(H,20,24). The molecule has 0 radical (unpaired) electrons. The Morgan fingerprint density at radius 3 is 2.58 bits per heavy atom. The lowest BCUT2D eigenvalue weighted by Gasteiger charge is -2.30. The van der Waals surface area contributed by atoms with Crippen LogP contribution in [0.5, 0.6) is 0 Å². The second-order valence-electron chi connectivity index (χ2n) is 6.02. The van der Waals surface area contributed by atoms with Crippen LogP contribution in [-0.4, -0.2) is 29.2 Å². The normalized spacial score (nSPS) is 15.4. The number of piperidine rings is 1. The van der Waals surface area contributed by atoms with Crippen LogP contribution in [0.4, 0.5) is 11.5 Å². The van der Waals surface area contributed by atoms with Gasteiger partial charge in [-0.25, -0.2) is 0 Å². The first-order valence-electron chi connectivity index (χ1n) is 7.88. The molecule has 0 atom stereocenters. The molecule has 1 fully saturated rings. The first-order chi connectivity index (χ1) is 11.5. The van der Waals surface area contributed by atoms with Gasteiger partial charge in [-0.15, -0.1) is 10.2 Å². The second-order valence-corrected chi connectivity index (χ2v) is 6.87. The van der Waals surface area contributed by atoms with Crippen LogP contribution < -0.4 is 10.2 Å². The van der Waals surface area contributed by atoms with Gasteiger partial charge in [-0.2, -0.15) is 0 Å². The maximum Gasteiger partial charge on any atom is 0.276 e. The Morgan fingerprint density at radius 2 is 1.92 bits per heavy atom. The molecule has 1 aliphatic heterocycles. The van der Waals surface area contributed by atoms with Crippen molar-refractivity contribution >= 4 is 40.6 Å². The Balaban J connectivity index is 1.68. The maximum absolute atomic E-state index is 12.3. The molecule has 2 heterocycles. The van der Waals surface area contributed by atoms with E-state index < -0.39 is 0 Å². The van der Waals surface area contributed by atoms with E-state index in [4.69, 9.17) is 23.2 Å². The highest BCUT2D eigenvalue weighted by Crippen LogP contribution is 2.26. The third-order valence-corrected chi connectivity index (χ3v) is 4.73. The molecule has 1 saturated heterocycles. The van der Waals surface area contributed by atoms with Crippen LogP contribution in [0.2, 0.25) is 10.0 Å². The van der Waals surface area contributed by atoms with Crippen LogP contribution in [0.3, 0.4) is 0 Å². The molecule has 24 heavy (non-hydrogen) atoms. The van der Waals surface area contributed by atoms with Gasteiger partial charge in [0.25, 0.3) is 5.91 Å². The van der Waals surface area contributed by atoms with E-state index in [0.717, 1.165) is 37.7 Å². The average Bonchev–Trinajstić information content (AvgIpc) is 2.59. The molecule has 1 aliphatic rings. The first-order valence-corrected chi connectivity index (χ1v) is 8.63. The van der Waals surface area contributed by atoms with Crippen molar-refractivity contribution in [3.63, 3.8) is 0 Å². The van der Waals surface area contributed by atoms with Crippen LogP contribution >= 0.6 is 23.2 Å². The number of carbonyl (C=O) groups excluding carboxylic acids is 1. The Labute approximate surface area is 151 Å². The molecule has 0 aliphatic carbocycles. The molecule has 5 nitrogen and oxygen atoms in total. The predicted octanol–water partition coefficient (Wildman–Crippen LogP) is 4.27. The summed E-state index contributed by atoms with van der Waals surface area (Å²) in [7, 11) is 0. The Kier molecular flexibility index (Phi) is 5.21. The number of aromatic nitrogens is 2. The van der Waals surface area contributed by atoms with Crippen molar-refractivity contribution < 1.29 is 4.79 Å². The highest BCUT2D eigenvalue weighted by Gasteiger charge is 2.18. The quantitative estimate of drug-likeness (QED) is 0.883. The van der Waals surface area contributed by atoms with Crippen LogP contribution in [0, 0.1) is 5.92 Å². The van der Waals surface area contributed by atoms with Crippen molar-refractivity contribution in [3.8, 4) is 0 Å². The second kappa shape index (κ2) is 7.36. The first kappa shape index (κ1) is 17.0. The number of nitrogens with zero attached hydrogens (tertiary/aromatic N) is 3. The number of hydrogen-bond acceptors (Lipinski definition) is 4. The topological polar surface area (TPSA) is 58.1 Å². The van der Waals surface area contributed by atoms with Gasteiger partial charge in [-0.3, -0.25) is 4.79 Å². The molecule has 0 saturated carbocycles. The number of amides is 1. The number of hydrogen-bond donors (Lipinski definition) is 1. The maximum atomic E-state index is 12.3.